The number of halogens is 1. The lowest BCUT2D eigenvalue weighted by atomic mass is 10.1. The highest BCUT2D eigenvalue weighted by atomic mass is 35.5. The lowest BCUT2D eigenvalue weighted by Gasteiger charge is -2.21. The number of carbonyl (C=O) groups is 2. The van der Waals surface area contributed by atoms with E-state index in [0.29, 0.717) is 40.9 Å². The van der Waals surface area contributed by atoms with Gasteiger partial charge in [0, 0.05) is 31.6 Å². The molecule has 2 aromatic carbocycles. The molecule has 1 N–H and O–H groups in total. The minimum absolute atomic E-state index is 0.0242. The van der Waals surface area contributed by atoms with Crippen molar-refractivity contribution in [1.29, 1.82) is 0 Å². The van der Waals surface area contributed by atoms with Gasteiger partial charge in [0.25, 0.3) is 5.91 Å². The molecule has 0 bridgehead atoms. The van der Waals surface area contributed by atoms with Crippen LogP contribution >= 0.6 is 11.6 Å². The lowest BCUT2D eigenvalue weighted by Crippen LogP contribution is -2.25. The van der Waals surface area contributed by atoms with E-state index in [0.717, 1.165) is 43.4 Å². The highest BCUT2D eigenvalue weighted by Gasteiger charge is 2.25. The van der Waals surface area contributed by atoms with E-state index in [1.165, 1.54) is 0 Å². The predicted molar refractivity (Wildman–Crippen MR) is 122 cm³/mol. The summed E-state index contributed by atoms with van der Waals surface area (Å²) >= 11 is 6.33. The van der Waals surface area contributed by atoms with Crippen molar-refractivity contribution in [2.45, 2.75) is 25.7 Å². The Morgan fingerprint density at radius 3 is 2.42 bits per heavy atom. The SMILES string of the molecule is O=C(Nc1nc2ccccc2nc1N1CCCC1)c1ccc(Cl)c(N2CCCC2=O)c1. The van der Waals surface area contributed by atoms with Gasteiger partial charge in [0.05, 0.1) is 21.7 Å². The molecule has 0 spiro atoms. The zero-order valence-corrected chi connectivity index (χ0v) is 17.7. The molecule has 2 saturated heterocycles. The van der Waals surface area contributed by atoms with E-state index in [1.807, 2.05) is 24.3 Å². The van der Waals surface area contributed by atoms with Crippen LogP contribution in [-0.4, -0.2) is 41.4 Å². The van der Waals surface area contributed by atoms with Crippen LogP contribution in [0, 0.1) is 0 Å². The highest BCUT2D eigenvalue weighted by Crippen LogP contribution is 2.32. The van der Waals surface area contributed by atoms with Gasteiger partial charge in [-0.1, -0.05) is 23.7 Å². The first-order chi connectivity index (χ1) is 15.1. The molecule has 2 amide bonds. The Morgan fingerprint density at radius 1 is 0.968 bits per heavy atom. The number of fused-ring (bicyclic) bond motifs is 1. The molecule has 7 nitrogen and oxygen atoms in total. The van der Waals surface area contributed by atoms with Gasteiger partial charge in [0.1, 0.15) is 0 Å². The minimum atomic E-state index is -0.311. The molecule has 158 valence electrons. The third-order valence-electron chi connectivity index (χ3n) is 5.76. The Bertz CT molecular complexity index is 1180. The van der Waals surface area contributed by atoms with Crippen molar-refractivity contribution >= 4 is 51.8 Å². The van der Waals surface area contributed by atoms with Crippen molar-refractivity contribution < 1.29 is 9.59 Å². The summed E-state index contributed by atoms with van der Waals surface area (Å²) in [5.41, 5.74) is 2.51. The second-order valence-electron chi connectivity index (χ2n) is 7.85. The van der Waals surface area contributed by atoms with Crippen molar-refractivity contribution in [2.24, 2.45) is 0 Å². The summed E-state index contributed by atoms with van der Waals surface area (Å²) in [5.74, 6) is 0.846. The average molecular weight is 436 g/mol. The summed E-state index contributed by atoms with van der Waals surface area (Å²) in [7, 11) is 0. The fraction of sp³-hybridized carbons (Fsp3) is 0.304. The molecule has 0 unspecified atom stereocenters. The quantitative estimate of drug-likeness (QED) is 0.662. The first-order valence-electron chi connectivity index (χ1n) is 10.5. The number of aromatic nitrogens is 2. The van der Waals surface area contributed by atoms with Crippen molar-refractivity contribution in [1.82, 2.24) is 9.97 Å². The van der Waals surface area contributed by atoms with E-state index in [4.69, 9.17) is 16.6 Å². The molecule has 2 aliphatic heterocycles. The van der Waals surface area contributed by atoms with Gasteiger partial charge >= 0.3 is 0 Å². The fourth-order valence-electron chi connectivity index (χ4n) is 4.17. The van der Waals surface area contributed by atoms with Gasteiger partial charge in [0.15, 0.2) is 11.6 Å². The summed E-state index contributed by atoms with van der Waals surface area (Å²) in [6, 6.07) is 12.6. The molecule has 8 heteroatoms. The molecule has 1 aromatic heterocycles. The van der Waals surface area contributed by atoms with E-state index in [1.54, 1.807) is 23.1 Å². The Kier molecular flexibility index (Phi) is 5.19. The topological polar surface area (TPSA) is 78.4 Å². The van der Waals surface area contributed by atoms with E-state index in [-0.39, 0.29) is 11.8 Å². The number of nitrogens with one attached hydrogen (secondary N) is 1. The Morgan fingerprint density at radius 2 is 1.71 bits per heavy atom. The fourth-order valence-corrected chi connectivity index (χ4v) is 4.39. The van der Waals surface area contributed by atoms with E-state index < -0.39 is 0 Å². The molecular formula is C23H22ClN5O2. The van der Waals surface area contributed by atoms with Crippen LogP contribution in [0.3, 0.4) is 0 Å². The number of benzene rings is 2. The first kappa shape index (κ1) is 19.8. The number of hydrogen-bond donors (Lipinski definition) is 1. The third-order valence-corrected chi connectivity index (χ3v) is 6.08. The molecule has 31 heavy (non-hydrogen) atoms. The number of carbonyl (C=O) groups excluding carboxylic acids is 2. The summed E-state index contributed by atoms with van der Waals surface area (Å²) in [5, 5.41) is 3.40. The normalized spacial score (nSPS) is 16.4. The van der Waals surface area contributed by atoms with Crippen LogP contribution in [0.5, 0.6) is 0 Å². The van der Waals surface area contributed by atoms with Gasteiger partial charge in [0.2, 0.25) is 5.91 Å². The second kappa shape index (κ2) is 8.15. The van der Waals surface area contributed by atoms with Crippen LogP contribution in [0.15, 0.2) is 42.5 Å². The molecule has 3 aromatic rings. The van der Waals surface area contributed by atoms with Crippen molar-refractivity contribution in [2.75, 3.05) is 34.8 Å². The molecule has 5 rings (SSSR count). The molecule has 2 aliphatic rings. The van der Waals surface area contributed by atoms with E-state index >= 15 is 0 Å². The minimum Gasteiger partial charge on any atom is -0.354 e. The zero-order valence-electron chi connectivity index (χ0n) is 17.0. The number of para-hydroxylation sites is 2. The number of anilines is 3. The summed E-state index contributed by atoms with van der Waals surface area (Å²) in [4.78, 5) is 38.6. The van der Waals surface area contributed by atoms with Gasteiger partial charge in [-0.2, -0.15) is 0 Å². The van der Waals surface area contributed by atoms with Crippen LogP contribution in [0.25, 0.3) is 11.0 Å². The maximum Gasteiger partial charge on any atom is 0.256 e. The van der Waals surface area contributed by atoms with Crippen molar-refractivity contribution in [3.8, 4) is 0 Å². The third kappa shape index (κ3) is 3.81. The molecule has 0 aliphatic carbocycles. The van der Waals surface area contributed by atoms with Crippen LogP contribution in [-0.2, 0) is 4.79 Å². The van der Waals surface area contributed by atoms with Crippen LogP contribution < -0.4 is 15.1 Å². The summed E-state index contributed by atoms with van der Waals surface area (Å²) in [6.07, 6.45) is 3.47. The molecule has 3 heterocycles. The molecule has 0 saturated carbocycles. The molecule has 2 fully saturated rings. The maximum atomic E-state index is 13.1. The first-order valence-corrected chi connectivity index (χ1v) is 10.9. The second-order valence-corrected chi connectivity index (χ2v) is 8.26. The largest absolute Gasteiger partial charge is 0.354 e. The number of nitrogens with zero attached hydrogens (tertiary/aromatic N) is 4. The van der Waals surface area contributed by atoms with Gasteiger partial charge in [-0.3, -0.25) is 9.59 Å². The average Bonchev–Trinajstić information content (AvgIpc) is 3.45. The van der Waals surface area contributed by atoms with Gasteiger partial charge in [-0.25, -0.2) is 9.97 Å². The van der Waals surface area contributed by atoms with Crippen molar-refractivity contribution in [3.63, 3.8) is 0 Å². The molecule has 0 atom stereocenters. The number of rotatable bonds is 4. The van der Waals surface area contributed by atoms with Crippen LogP contribution in [0.4, 0.5) is 17.3 Å². The predicted octanol–water partition coefficient (Wildman–Crippen LogP) is 4.26. The van der Waals surface area contributed by atoms with E-state index in [9.17, 15) is 9.59 Å². The van der Waals surface area contributed by atoms with Gasteiger partial charge < -0.3 is 15.1 Å². The Balaban J connectivity index is 1.49. The zero-order chi connectivity index (χ0) is 21.4. The van der Waals surface area contributed by atoms with Crippen LogP contribution in [0.2, 0.25) is 5.02 Å². The van der Waals surface area contributed by atoms with Crippen LogP contribution in [0.1, 0.15) is 36.0 Å². The number of hydrogen-bond acceptors (Lipinski definition) is 5. The van der Waals surface area contributed by atoms with Gasteiger partial charge in [-0.15, -0.1) is 0 Å². The Labute approximate surface area is 185 Å². The number of amides is 2. The standard InChI is InChI=1S/C23H22ClN5O2/c24-16-10-9-15(14-19(16)29-13-5-8-20(29)30)23(31)27-21-22(28-11-3-4-12-28)26-18-7-2-1-6-17(18)25-21/h1-2,6-7,9-10,14H,3-5,8,11-13H2,(H,25,27,31). The molecular weight excluding hydrogens is 414 g/mol. The Hall–Kier alpha value is -3.19. The summed E-state index contributed by atoms with van der Waals surface area (Å²) < 4.78 is 0. The summed E-state index contributed by atoms with van der Waals surface area (Å²) in [6.45, 7) is 2.38. The highest BCUT2D eigenvalue weighted by molar-refractivity contribution is 6.34. The van der Waals surface area contributed by atoms with E-state index in [2.05, 4.69) is 15.2 Å². The molecule has 0 radical (unpaired) electrons. The van der Waals surface area contributed by atoms with Gasteiger partial charge in [-0.05, 0) is 49.6 Å². The lowest BCUT2D eigenvalue weighted by molar-refractivity contribution is -0.117. The van der Waals surface area contributed by atoms with Crippen molar-refractivity contribution in [3.05, 3.63) is 53.1 Å². The monoisotopic (exact) mass is 435 g/mol. The smallest absolute Gasteiger partial charge is 0.256 e. The maximum absolute atomic E-state index is 13.1.